The fraction of sp³-hybridized carbons (Fsp3) is 0.214. The zero-order chi connectivity index (χ0) is 15.4. The molecule has 0 radical (unpaired) electrons. The van der Waals surface area contributed by atoms with Crippen molar-refractivity contribution in [1.29, 1.82) is 0 Å². The normalized spacial score (nSPS) is 10.5. The molecule has 0 saturated heterocycles. The van der Waals surface area contributed by atoms with Gasteiger partial charge in [0.05, 0.1) is 17.1 Å². The molecule has 0 spiro atoms. The molecule has 1 aromatic heterocycles. The van der Waals surface area contributed by atoms with E-state index in [4.69, 9.17) is 5.11 Å². The Kier molecular flexibility index (Phi) is 4.34. The summed E-state index contributed by atoms with van der Waals surface area (Å²) < 4.78 is 0. The summed E-state index contributed by atoms with van der Waals surface area (Å²) in [5.41, 5.74) is 0.907. The van der Waals surface area contributed by atoms with E-state index in [2.05, 4.69) is 11.6 Å². The molecule has 1 heterocycles. The number of rotatable bonds is 6. The van der Waals surface area contributed by atoms with Gasteiger partial charge in [-0.1, -0.05) is 6.08 Å². The van der Waals surface area contributed by atoms with Crippen LogP contribution in [0, 0.1) is 10.1 Å². The molecule has 21 heavy (non-hydrogen) atoms. The number of nitrogens with zero attached hydrogens (tertiary/aromatic N) is 2. The number of nitro groups is 1. The SMILES string of the molecule is C=CCN(CCO)C(=O)c1c[nH]c2ccc([N+](=O)[O-])cc12. The maximum atomic E-state index is 12.5. The lowest BCUT2D eigenvalue weighted by atomic mass is 10.1. The van der Waals surface area contributed by atoms with Crippen LogP contribution in [0.5, 0.6) is 0 Å². The van der Waals surface area contributed by atoms with Crippen LogP contribution in [0.3, 0.4) is 0 Å². The van der Waals surface area contributed by atoms with Crippen LogP contribution in [0.15, 0.2) is 37.1 Å². The van der Waals surface area contributed by atoms with E-state index < -0.39 is 4.92 Å². The van der Waals surface area contributed by atoms with Gasteiger partial charge < -0.3 is 15.0 Å². The molecule has 0 aliphatic carbocycles. The van der Waals surface area contributed by atoms with E-state index in [9.17, 15) is 14.9 Å². The van der Waals surface area contributed by atoms with Crippen molar-refractivity contribution in [2.24, 2.45) is 0 Å². The quantitative estimate of drug-likeness (QED) is 0.480. The summed E-state index contributed by atoms with van der Waals surface area (Å²) in [6.07, 6.45) is 3.08. The van der Waals surface area contributed by atoms with Crippen molar-refractivity contribution < 1.29 is 14.8 Å². The van der Waals surface area contributed by atoms with Crippen LogP contribution in [-0.2, 0) is 0 Å². The predicted octanol–water partition coefficient (Wildman–Crippen LogP) is 1.70. The molecule has 0 aliphatic heterocycles. The Hall–Kier alpha value is -2.67. The smallest absolute Gasteiger partial charge is 0.270 e. The van der Waals surface area contributed by atoms with Crippen LogP contribution in [0.1, 0.15) is 10.4 Å². The number of hydrogen-bond donors (Lipinski definition) is 2. The molecule has 0 fully saturated rings. The molecule has 2 aromatic rings. The van der Waals surface area contributed by atoms with Crippen molar-refractivity contribution in [2.45, 2.75) is 0 Å². The summed E-state index contributed by atoms with van der Waals surface area (Å²) in [6.45, 7) is 3.87. The van der Waals surface area contributed by atoms with Crippen molar-refractivity contribution in [2.75, 3.05) is 19.7 Å². The topological polar surface area (TPSA) is 99.5 Å². The summed E-state index contributed by atoms with van der Waals surface area (Å²) in [7, 11) is 0. The molecule has 0 aliphatic rings. The Morgan fingerprint density at radius 2 is 2.29 bits per heavy atom. The number of carbonyl (C=O) groups excluding carboxylic acids is 1. The van der Waals surface area contributed by atoms with Gasteiger partial charge >= 0.3 is 0 Å². The van der Waals surface area contributed by atoms with Gasteiger partial charge in [0.25, 0.3) is 11.6 Å². The van der Waals surface area contributed by atoms with Crippen LogP contribution in [0.25, 0.3) is 10.9 Å². The number of hydrogen-bond acceptors (Lipinski definition) is 4. The zero-order valence-corrected chi connectivity index (χ0v) is 11.3. The number of aromatic nitrogens is 1. The molecule has 2 N–H and O–H groups in total. The molecule has 110 valence electrons. The molecular formula is C14H15N3O4. The minimum absolute atomic E-state index is 0.0754. The van der Waals surface area contributed by atoms with Gasteiger partial charge in [0.2, 0.25) is 0 Å². The lowest BCUT2D eigenvalue weighted by molar-refractivity contribution is -0.384. The standard InChI is InChI=1S/C14H15N3O4/c1-2-5-16(6-7-18)14(19)12-9-15-13-4-3-10(17(20)21)8-11(12)13/h2-4,8-9,15,18H,1,5-7H2. The van der Waals surface area contributed by atoms with E-state index in [0.717, 1.165) is 0 Å². The van der Waals surface area contributed by atoms with Gasteiger partial charge in [-0.25, -0.2) is 0 Å². The number of carbonyl (C=O) groups is 1. The van der Waals surface area contributed by atoms with Gasteiger partial charge in [0.15, 0.2) is 0 Å². The number of amides is 1. The molecule has 1 aromatic carbocycles. The van der Waals surface area contributed by atoms with Gasteiger partial charge in [-0.2, -0.15) is 0 Å². The van der Waals surface area contributed by atoms with Gasteiger partial charge in [-0.15, -0.1) is 6.58 Å². The number of non-ortho nitro benzene ring substituents is 1. The van der Waals surface area contributed by atoms with Crippen molar-refractivity contribution in [3.05, 3.63) is 52.7 Å². The van der Waals surface area contributed by atoms with Gasteiger partial charge in [-0.3, -0.25) is 14.9 Å². The summed E-state index contributed by atoms with van der Waals surface area (Å²) in [6, 6.07) is 4.31. The van der Waals surface area contributed by atoms with Crippen molar-refractivity contribution in [3.8, 4) is 0 Å². The highest BCUT2D eigenvalue weighted by molar-refractivity contribution is 6.07. The van der Waals surface area contributed by atoms with Gasteiger partial charge in [0.1, 0.15) is 0 Å². The van der Waals surface area contributed by atoms with Crippen molar-refractivity contribution in [1.82, 2.24) is 9.88 Å². The minimum Gasteiger partial charge on any atom is -0.395 e. The third-order valence-electron chi connectivity index (χ3n) is 3.11. The number of nitrogens with one attached hydrogen (secondary N) is 1. The zero-order valence-electron chi connectivity index (χ0n) is 11.3. The summed E-state index contributed by atoms with van der Waals surface area (Å²) in [5, 5.41) is 20.3. The molecule has 7 nitrogen and oxygen atoms in total. The highest BCUT2D eigenvalue weighted by Crippen LogP contribution is 2.24. The largest absolute Gasteiger partial charge is 0.395 e. The Morgan fingerprint density at radius 3 is 2.90 bits per heavy atom. The van der Waals surface area contributed by atoms with Crippen molar-refractivity contribution >= 4 is 22.5 Å². The minimum atomic E-state index is -0.504. The lowest BCUT2D eigenvalue weighted by Crippen LogP contribution is -2.33. The van der Waals surface area contributed by atoms with Crippen LogP contribution in [-0.4, -0.2) is 45.5 Å². The van der Waals surface area contributed by atoms with E-state index in [1.807, 2.05) is 0 Å². The number of H-pyrrole nitrogens is 1. The van der Waals surface area contributed by atoms with Crippen LogP contribution in [0.4, 0.5) is 5.69 Å². The van der Waals surface area contributed by atoms with E-state index in [1.54, 1.807) is 12.1 Å². The Bertz CT molecular complexity index is 693. The van der Waals surface area contributed by atoms with E-state index in [0.29, 0.717) is 23.0 Å². The summed E-state index contributed by atoms with van der Waals surface area (Å²) in [4.78, 5) is 27.1. The van der Waals surface area contributed by atoms with Crippen LogP contribution < -0.4 is 0 Å². The van der Waals surface area contributed by atoms with E-state index in [1.165, 1.54) is 23.2 Å². The molecule has 0 atom stereocenters. The molecule has 7 heteroatoms. The van der Waals surface area contributed by atoms with E-state index in [-0.39, 0.29) is 24.7 Å². The number of nitro benzene ring substituents is 1. The van der Waals surface area contributed by atoms with E-state index >= 15 is 0 Å². The maximum Gasteiger partial charge on any atom is 0.270 e. The first kappa shape index (κ1) is 14.7. The average molecular weight is 289 g/mol. The first-order valence-corrected chi connectivity index (χ1v) is 6.35. The maximum absolute atomic E-state index is 12.5. The summed E-state index contributed by atoms with van der Waals surface area (Å²) in [5.74, 6) is -0.310. The first-order chi connectivity index (χ1) is 10.1. The number of aromatic amines is 1. The molecule has 2 rings (SSSR count). The second-order valence-electron chi connectivity index (χ2n) is 4.45. The third-order valence-corrected chi connectivity index (χ3v) is 3.11. The predicted molar refractivity (Wildman–Crippen MR) is 78.1 cm³/mol. The molecule has 1 amide bonds. The third kappa shape index (κ3) is 2.92. The number of fused-ring (bicyclic) bond motifs is 1. The molecule has 0 saturated carbocycles. The second-order valence-corrected chi connectivity index (χ2v) is 4.45. The molecular weight excluding hydrogens is 274 g/mol. The molecule has 0 bridgehead atoms. The number of aliphatic hydroxyl groups is 1. The highest BCUT2D eigenvalue weighted by atomic mass is 16.6. The summed E-state index contributed by atoms with van der Waals surface area (Å²) >= 11 is 0. The first-order valence-electron chi connectivity index (χ1n) is 6.35. The highest BCUT2D eigenvalue weighted by Gasteiger charge is 2.19. The average Bonchev–Trinajstić information content (AvgIpc) is 2.89. The number of aliphatic hydroxyl groups excluding tert-OH is 1. The second kappa shape index (κ2) is 6.19. The monoisotopic (exact) mass is 289 g/mol. The van der Waals surface area contributed by atoms with Crippen LogP contribution in [0.2, 0.25) is 0 Å². The van der Waals surface area contributed by atoms with Crippen LogP contribution >= 0.6 is 0 Å². The Morgan fingerprint density at radius 1 is 1.52 bits per heavy atom. The van der Waals surface area contributed by atoms with Gasteiger partial charge in [0, 0.05) is 42.3 Å². The Balaban J connectivity index is 2.44. The van der Waals surface area contributed by atoms with Crippen molar-refractivity contribution in [3.63, 3.8) is 0 Å². The Labute approximate surface area is 120 Å². The van der Waals surface area contributed by atoms with Gasteiger partial charge in [-0.05, 0) is 6.07 Å². The molecule has 0 unspecified atom stereocenters. The fourth-order valence-corrected chi connectivity index (χ4v) is 2.12. The fourth-order valence-electron chi connectivity index (χ4n) is 2.12. The lowest BCUT2D eigenvalue weighted by Gasteiger charge is -2.19. The number of benzene rings is 1.